The number of hydrogen-bond donors (Lipinski definition) is 0. The van der Waals surface area contributed by atoms with Gasteiger partial charge in [0.05, 0.1) is 0 Å². The van der Waals surface area contributed by atoms with E-state index in [-0.39, 0.29) is 0 Å². The van der Waals surface area contributed by atoms with Gasteiger partial charge in [0.25, 0.3) is 0 Å². The maximum Gasteiger partial charge on any atom is 0.0336 e. The first-order valence-electron chi connectivity index (χ1n) is 5.00. The molecule has 0 unspecified atom stereocenters. The van der Waals surface area contributed by atoms with E-state index in [4.69, 9.17) is 11.6 Å². The smallest absolute Gasteiger partial charge is 0.0336 e. The second kappa shape index (κ2) is 5.63. The summed E-state index contributed by atoms with van der Waals surface area (Å²) in [6.45, 7) is 12.6. The van der Waals surface area contributed by atoms with Gasteiger partial charge in [-0.2, -0.15) is 0 Å². The average molecular weight is 203 g/mol. The highest BCUT2D eigenvalue weighted by Crippen LogP contribution is 2.06. The summed E-state index contributed by atoms with van der Waals surface area (Å²) in [7, 11) is 0. The van der Waals surface area contributed by atoms with Crippen LogP contribution in [0.4, 0.5) is 0 Å². The van der Waals surface area contributed by atoms with Crippen molar-refractivity contribution in [3.8, 4) is 0 Å². The molecule has 0 aliphatic carbocycles. The van der Waals surface area contributed by atoms with E-state index in [1.807, 2.05) is 0 Å². The minimum absolute atomic E-state index is 0.754. The van der Waals surface area contributed by atoms with Gasteiger partial charge >= 0.3 is 0 Å². The summed E-state index contributed by atoms with van der Waals surface area (Å²) in [6.07, 6.45) is 1.25. The Balaban J connectivity index is 2.18. The van der Waals surface area contributed by atoms with Crippen LogP contribution in [0, 0.1) is 0 Å². The van der Waals surface area contributed by atoms with E-state index in [0.717, 1.165) is 24.7 Å². The van der Waals surface area contributed by atoms with Crippen LogP contribution in [0.2, 0.25) is 0 Å². The lowest BCUT2D eigenvalue weighted by molar-refractivity contribution is 0.142. The number of nitrogens with zero attached hydrogens (tertiary/aromatic N) is 2. The second-order valence-corrected chi connectivity index (χ2v) is 4.17. The third kappa shape index (κ3) is 4.12. The highest BCUT2D eigenvalue weighted by Gasteiger charge is 2.15. The molecule has 0 amide bonds. The monoisotopic (exact) mass is 202 g/mol. The van der Waals surface area contributed by atoms with Crippen LogP contribution in [0.3, 0.4) is 0 Å². The van der Waals surface area contributed by atoms with Crippen molar-refractivity contribution in [3.63, 3.8) is 0 Å². The van der Waals surface area contributed by atoms with Crippen molar-refractivity contribution in [3.05, 3.63) is 11.6 Å². The van der Waals surface area contributed by atoms with Gasteiger partial charge in [-0.1, -0.05) is 25.1 Å². The zero-order valence-corrected chi connectivity index (χ0v) is 9.19. The van der Waals surface area contributed by atoms with Gasteiger partial charge in [0, 0.05) is 37.8 Å². The average Bonchev–Trinajstić information content (AvgIpc) is 2.08. The van der Waals surface area contributed by atoms with Crippen LogP contribution in [-0.4, -0.2) is 49.1 Å². The molecule has 0 saturated carbocycles. The van der Waals surface area contributed by atoms with Crippen molar-refractivity contribution in [2.24, 2.45) is 0 Å². The van der Waals surface area contributed by atoms with Crippen LogP contribution >= 0.6 is 11.6 Å². The highest BCUT2D eigenvalue weighted by atomic mass is 35.5. The van der Waals surface area contributed by atoms with Crippen molar-refractivity contribution in [1.82, 2.24) is 9.80 Å². The summed E-state index contributed by atoms with van der Waals surface area (Å²) in [5.41, 5.74) is 0. The zero-order chi connectivity index (χ0) is 9.68. The molecule has 2 nitrogen and oxygen atoms in total. The molecule has 0 aromatic carbocycles. The second-order valence-electron chi connectivity index (χ2n) is 3.64. The fourth-order valence-electron chi connectivity index (χ4n) is 1.73. The van der Waals surface area contributed by atoms with Gasteiger partial charge in [-0.15, -0.1) is 0 Å². The Morgan fingerprint density at radius 2 is 1.77 bits per heavy atom. The first-order valence-corrected chi connectivity index (χ1v) is 5.38. The van der Waals surface area contributed by atoms with Crippen molar-refractivity contribution in [2.75, 3.05) is 39.3 Å². The van der Waals surface area contributed by atoms with Gasteiger partial charge in [-0.05, 0) is 13.0 Å². The Bertz CT molecular complexity index is 162. The van der Waals surface area contributed by atoms with E-state index < -0.39 is 0 Å². The molecular weight excluding hydrogens is 184 g/mol. The molecule has 3 heteroatoms. The summed E-state index contributed by atoms with van der Waals surface area (Å²) in [5.74, 6) is 0. The fraction of sp³-hybridized carbons (Fsp3) is 0.800. The Morgan fingerprint density at radius 3 is 2.23 bits per heavy atom. The summed E-state index contributed by atoms with van der Waals surface area (Å²) < 4.78 is 0. The molecule has 0 aromatic rings. The van der Waals surface area contributed by atoms with E-state index in [1.165, 1.54) is 26.1 Å². The van der Waals surface area contributed by atoms with Crippen molar-refractivity contribution < 1.29 is 0 Å². The number of rotatable bonds is 4. The molecule has 1 heterocycles. The molecule has 0 atom stereocenters. The molecule has 1 aliphatic rings. The van der Waals surface area contributed by atoms with Crippen LogP contribution in [0.25, 0.3) is 0 Å². The van der Waals surface area contributed by atoms with Crippen LogP contribution in [-0.2, 0) is 0 Å². The largest absolute Gasteiger partial charge is 0.301 e. The number of hydrogen-bond acceptors (Lipinski definition) is 2. The van der Waals surface area contributed by atoms with Gasteiger partial charge in [-0.25, -0.2) is 0 Å². The van der Waals surface area contributed by atoms with E-state index in [2.05, 4.69) is 23.3 Å². The minimum atomic E-state index is 0.754. The van der Waals surface area contributed by atoms with Crippen molar-refractivity contribution in [1.29, 1.82) is 0 Å². The van der Waals surface area contributed by atoms with Crippen LogP contribution < -0.4 is 0 Å². The highest BCUT2D eigenvalue weighted by molar-refractivity contribution is 6.29. The predicted octanol–water partition coefficient (Wildman–Crippen LogP) is 1.77. The Hall–Kier alpha value is -0.0500. The van der Waals surface area contributed by atoms with Gasteiger partial charge in [0.15, 0.2) is 0 Å². The quantitative estimate of drug-likeness (QED) is 0.686. The first kappa shape index (κ1) is 11.0. The number of piperazine rings is 1. The summed E-state index contributed by atoms with van der Waals surface area (Å²) in [5, 5.41) is 0.754. The van der Waals surface area contributed by atoms with E-state index in [9.17, 15) is 0 Å². The predicted molar refractivity (Wildman–Crippen MR) is 58.2 cm³/mol. The molecule has 0 N–H and O–H groups in total. The minimum Gasteiger partial charge on any atom is -0.301 e. The zero-order valence-electron chi connectivity index (χ0n) is 8.43. The molecule has 0 spiro atoms. The van der Waals surface area contributed by atoms with Gasteiger partial charge in [0.2, 0.25) is 0 Å². The molecule has 0 radical (unpaired) electrons. The molecule has 76 valence electrons. The summed E-state index contributed by atoms with van der Waals surface area (Å²) in [6, 6.07) is 0. The van der Waals surface area contributed by atoms with Gasteiger partial charge < -0.3 is 4.90 Å². The SMILES string of the molecule is C=C(Cl)CN1CCN(CCC)CC1. The maximum absolute atomic E-state index is 5.76. The van der Waals surface area contributed by atoms with Gasteiger partial charge in [0.1, 0.15) is 0 Å². The molecule has 1 fully saturated rings. The molecule has 0 bridgehead atoms. The molecule has 0 aromatic heterocycles. The van der Waals surface area contributed by atoms with Crippen molar-refractivity contribution >= 4 is 11.6 Å². The lowest BCUT2D eigenvalue weighted by Crippen LogP contribution is -2.46. The van der Waals surface area contributed by atoms with E-state index in [1.54, 1.807) is 0 Å². The Morgan fingerprint density at radius 1 is 1.23 bits per heavy atom. The van der Waals surface area contributed by atoms with E-state index >= 15 is 0 Å². The Kier molecular flexibility index (Phi) is 4.78. The molecule has 13 heavy (non-hydrogen) atoms. The van der Waals surface area contributed by atoms with Crippen LogP contribution in [0.15, 0.2) is 11.6 Å². The summed E-state index contributed by atoms with van der Waals surface area (Å²) >= 11 is 5.76. The molecular formula is C10H19ClN2. The lowest BCUT2D eigenvalue weighted by atomic mass is 10.3. The fourth-order valence-corrected chi connectivity index (χ4v) is 1.90. The van der Waals surface area contributed by atoms with Gasteiger partial charge in [-0.3, -0.25) is 4.90 Å². The standard InChI is InChI=1S/C10H19ClN2/c1-3-4-12-5-7-13(8-6-12)9-10(2)11/h2-9H2,1H3. The third-order valence-electron chi connectivity index (χ3n) is 2.40. The molecule has 1 aliphatic heterocycles. The lowest BCUT2D eigenvalue weighted by Gasteiger charge is -2.34. The van der Waals surface area contributed by atoms with Crippen LogP contribution in [0.1, 0.15) is 13.3 Å². The first-order chi connectivity index (χ1) is 6.22. The molecule has 1 saturated heterocycles. The van der Waals surface area contributed by atoms with Crippen LogP contribution in [0.5, 0.6) is 0 Å². The maximum atomic E-state index is 5.76. The Labute approximate surface area is 86.2 Å². The molecule has 1 rings (SSSR count). The van der Waals surface area contributed by atoms with Crippen molar-refractivity contribution in [2.45, 2.75) is 13.3 Å². The third-order valence-corrected chi connectivity index (χ3v) is 2.52. The topological polar surface area (TPSA) is 6.48 Å². The van der Waals surface area contributed by atoms with E-state index in [0.29, 0.717) is 0 Å². The normalized spacial score (nSPS) is 20.5. The number of halogens is 1. The summed E-state index contributed by atoms with van der Waals surface area (Å²) in [4.78, 5) is 4.87.